The van der Waals surface area contributed by atoms with Crippen molar-refractivity contribution in [2.45, 2.75) is 19.8 Å². The highest BCUT2D eigenvalue weighted by molar-refractivity contribution is 5.86. The van der Waals surface area contributed by atoms with Crippen molar-refractivity contribution >= 4 is 28.0 Å². The number of rotatable bonds is 5. The number of nitrogens with zero attached hydrogens (tertiary/aromatic N) is 7. The van der Waals surface area contributed by atoms with Crippen molar-refractivity contribution in [2.24, 2.45) is 13.0 Å². The van der Waals surface area contributed by atoms with E-state index in [-0.39, 0.29) is 0 Å². The maximum Gasteiger partial charge on any atom is 0.239 e. The summed E-state index contributed by atoms with van der Waals surface area (Å²) in [7, 11) is 2.07. The fourth-order valence-corrected chi connectivity index (χ4v) is 4.65. The molecule has 0 unspecified atom stereocenters. The Balaban J connectivity index is 1.57. The molecule has 9 nitrogen and oxygen atoms in total. The van der Waals surface area contributed by atoms with Crippen LogP contribution in [-0.4, -0.2) is 68.5 Å². The smallest absolute Gasteiger partial charge is 0.239 e. The molecule has 4 aromatic rings. The highest BCUT2D eigenvalue weighted by Gasteiger charge is 2.26. The predicted molar refractivity (Wildman–Crippen MR) is 123 cm³/mol. The zero-order chi connectivity index (χ0) is 21.7. The number of para-hydroxylation sites is 2. The molecule has 0 bridgehead atoms. The van der Waals surface area contributed by atoms with Crippen molar-refractivity contribution in [3.63, 3.8) is 0 Å². The van der Waals surface area contributed by atoms with Crippen LogP contribution in [0.25, 0.3) is 28.1 Å². The third-order valence-electron chi connectivity index (χ3n) is 6.58. The van der Waals surface area contributed by atoms with Gasteiger partial charge < -0.3 is 19.5 Å². The molecule has 2 saturated heterocycles. The van der Waals surface area contributed by atoms with Gasteiger partial charge in [0, 0.05) is 33.0 Å². The van der Waals surface area contributed by atoms with Gasteiger partial charge in [-0.1, -0.05) is 19.1 Å². The van der Waals surface area contributed by atoms with E-state index in [2.05, 4.69) is 39.4 Å². The van der Waals surface area contributed by atoms with Crippen LogP contribution in [0.15, 0.2) is 24.3 Å². The Bertz CT molecular complexity index is 1280. The molecule has 3 aromatic heterocycles. The van der Waals surface area contributed by atoms with Gasteiger partial charge in [0.05, 0.1) is 24.2 Å². The average molecular weight is 433 g/mol. The van der Waals surface area contributed by atoms with Crippen molar-refractivity contribution in [3.8, 4) is 5.95 Å². The monoisotopic (exact) mass is 432 g/mol. The summed E-state index contributed by atoms with van der Waals surface area (Å²) < 4.78 is 9.85. The molecule has 1 aromatic carbocycles. The molecule has 166 valence electrons. The van der Waals surface area contributed by atoms with E-state index in [0.717, 1.165) is 78.7 Å². The fraction of sp³-hybridized carbons (Fsp3) is 0.478. The van der Waals surface area contributed by atoms with Crippen LogP contribution in [0.3, 0.4) is 0 Å². The molecule has 2 fully saturated rings. The maximum atomic E-state index is 5.60. The van der Waals surface area contributed by atoms with Gasteiger partial charge in [-0.2, -0.15) is 9.97 Å². The van der Waals surface area contributed by atoms with Crippen molar-refractivity contribution in [1.82, 2.24) is 34.4 Å². The summed E-state index contributed by atoms with van der Waals surface area (Å²) in [5.74, 6) is 4.21. The third-order valence-corrected chi connectivity index (χ3v) is 6.58. The average Bonchev–Trinajstić information content (AvgIpc) is 3.34. The van der Waals surface area contributed by atoms with Crippen LogP contribution in [0, 0.1) is 5.92 Å². The number of ether oxygens (including phenoxy) is 1. The Labute approximate surface area is 186 Å². The zero-order valence-corrected chi connectivity index (χ0v) is 18.6. The van der Waals surface area contributed by atoms with Crippen LogP contribution >= 0.6 is 0 Å². The highest BCUT2D eigenvalue weighted by atomic mass is 16.5. The van der Waals surface area contributed by atoms with Crippen molar-refractivity contribution < 1.29 is 4.74 Å². The molecule has 1 N–H and O–H groups in total. The number of aryl methyl sites for hydroxylation is 2. The molecule has 9 heteroatoms. The van der Waals surface area contributed by atoms with Gasteiger partial charge in [-0.3, -0.25) is 4.57 Å². The van der Waals surface area contributed by atoms with E-state index in [1.54, 1.807) is 0 Å². The molecule has 0 atom stereocenters. The Hall–Kier alpha value is -3.04. The van der Waals surface area contributed by atoms with Gasteiger partial charge in [0.1, 0.15) is 11.6 Å². The predicted octanol–water partition coefficient (Wildman–Crippen LogP) is 1.86. The Morgan fingerprint density at radius 3 is 2.59 bits per heavy atom. The number of anilines is 1. The molecule has 0 amide bonds. The summed E-state index contributed by atoms with van der Waals surface area (Å²) in [5, 5.41) is 3.36. The van der Waals surface area contributed by atoms with Crippen LogP contribution in [0.4, 0.5) is 5.82 Å². The first-order valence-corrected chi connectivity index (χ1v) is 11.5. The number of fused-ring (bicyclic) bond motifs is 2. The van der Waals surface area contributed by atoms with Gasteiger partial charge in [0.15, 0.2) is 17.0 Å². The lowest BCUT2D eigenvalue weighted by atomic mass is 9.99. The van der Waals surface area contributed by atoms with E-state index in [1.807, 2.05) is 18.2 Å². The van der Waals surface area contributed by atoms with E-state index in [0.29, 0.717) is 25.1 Å². The first kappa shape index (κ1) is 19.6. The Morgan fingerprint density at radius 1 is 1.03 bits per heavy atom. The number of hydrogen-bond donors (Lipinski definition) is 1. The fourth-order valence-electron chi connectivity index (χ4n) is 4.65. The van der Waals surface area contributed by atoms with Crippen LogP contribution in [0.2, 0.25) is 0 Å². The second kappa shape index (κ2) is 7.83. The van der Waals surface area contributed by atoms with Gasteiger partial charge >= 0.3 is 0 Å². The molecule has 2 aliphatic heterocycles. The summed E-state index contributed by atoms with van der Waals surface area (Å²) in [6, 6.07) is 8.18. The number of nitrogens with one attached hydrogen (secondary N) is 1. The van der Waals surface area contributed by atoms with Crippen molar-refractivity contribution in [3.05, 3.63) is 35.9 Å². The van der Waals surface area contributed by atoms with Crippen LogP contribution in [0.1, 0.15) is 18.6 Å². The van der Waals surface area contributed by atoms with E-state index >= 15 is 0 Å². The third kappa shape index (κ3) is 3.15. The molecule has 32 heavy (non-hydrogen) atoms. The SMILES string of the molecule is CCc1nc2ccccc2n1-c1nc(N2CCOCC2)c2nc(CC3CNC3)n(C)c2n1. The summed E-state index contributed by atoms with van der Waals surface area (Å²) in [6.07, 6.45) is 1.75. The van der Waals surface area contributed by atoms with Crippen molar-refractivity contribution in [1.29, 1.82) is 0 Å². The van der Waals surface area contributed by atoms with E-state index in [4.69, 9.17) is 24.7 Å². The van der Waals surface area contributed by atoms with Crippen LogP contribution in [0.5, 0.6) is 0 Å². The summed E-state index contributed by atoms with van der Waals surface area (Å²) >= 11 is 0. The molecule has 2 aliphatic rings. The topological polar surface area (TPSA) is 85.9 Å². The molecule has 6 rings (SSSR count). The summed E-state index contributed by atoms with van der Waals surface area (Å²) in [6.45, 7) is 7.22. The van der Waals surface area contributed by atoms with Gasteiger partial charge in [-0.25, -0.2) is 9.97 Å². The van der Waals surface area contributed by atoms with E-state index in [1.165, 1.54) is 0 Å². The molecule has 0 spiro atoms. The van der Waals surface area contributed by atoms with Gasteiger partial charge in [-0.15, -0.1) is 0 Å². The Kier molecular flexibility index (Phi) is 4.80. The summed E-state index contributed by atoms with van der Waals surface area (Å²) in [5.41, 5.74) is 3.74. The molecule has 0 saturated carbocycles. The lowest BCUT2D eigenvalue weighted by Gasteiger charge is -2.28. The lowest BCUT2D eigenvalue weighted by molar-refractivity contribution is 0.122. The first-order valence-electron chi connectivity index (χ1n) is 11.5. The minimum absolute atomic E-state index is 0.633. The first-order chi connectivity index (χ1) is 15.7. The number of morpholine rings is 1. The number of aromatic nitrogens is 6. The van der Waals surface area contributed by atoms with Crippen LogP contribution < -0.4 is 10.2 Å². The maximum absolute atomic E-state index is 5.60. The molecular weight excluding hydrogens is 404 g/mol. The standard InChI is InChI=1S/C23H28N8O/c1-3-18-25-16-6-4-5-7-17(16)31(18)23-27-21-20(22(28-23)30-8-10-32-11-9-30)26-19(29(21)2)12-15-13-24-14-15/h4-7,15,24H,3,8-14H2,1-2H3. The second-order valence-electron chi connectivity index (χ2n) is 8.64. The minimum atomic E-state index is 0.633. The molecule has 0 aliphatic carbocycles. The second-order valence-corrected chi connectivity index (χ2v) is 8.64. The highest BCUT2D eigenvalue weighted by Crippen LogP contribution is 2.29. The van der Waals surface area contributed by atoms with Gasteiger partial charge in [0.2, 0.25) is 5.95 Å². The van der Waals surface area contributed by atoms with Gasteiger partial charge in [0.25, 0.3) is 0 Å². The molecular formula is C23H28N8O. The van der Waals surface area contributed by atoms with E-state index < -0.39 is 0 Å². The summed E-state index contributed by atoms with van der Waals surface area (Å²) in [4.78, 5) is 22.3. The number of benzene rings is 1. The minimum Gasteiger partial charge on any atom is -0.378 e. The largest absolute Gasteiger partial charge is 0.378 e. The zero-order valence-electron chi connectivity index (χ0n) is 18.6. The van der Waals surface area contributed by atoms with Crippen LogP contribution in [-0.2, 0) is 24.6 Å². The number of hydrogen-bond acceptors (Lipinski definition) is 7. The van der Waals surface area contributed by atoms with Gasteiger partial charge in [-0.05, 0) is 31.1 Å². The van der Waals surface area contributed by atoms with E-state index in [9.17, 15) is 0 Å². The molecule has 5 heterocycles. The normalized spacial score (nSPS) is 17.4. The quantitative estimate of drug-likeness (QED) is 0.515. The van der Waals surface area contributed by atoms with Crippen molar-refractivity contribution in [2.75, 3.05) is 44.3 Å². The lowest BCUT2D eigenvalue weighted by Crippen LogP contribution is -2.43. The number of imidazole rings is 2. The Morgan fingerprint density at radius 2 is 1.84 bits per heavy atom. The molecule has 0 radical (unpaired) electrons.